The molecule has 0 bridgehead atoms. The molecule has 0 spiro atoms. The zero-order valence-electron chi connectivity index (χ0n) is 22.4. The van der Waals surface area contributed by atoms with E-state index in [9.17, 15) is 0 Å². The molecule has 0 unspecified atom stereocenters. The molecular weight excluding hydrogens is 514 g/mol. The van der Waals surface area contributed by atoms with Crippen molar-refractivity contribution in [1.82, 2.24) is 14.5 Å². The summed E-state index contributed by atoms with van der Waals surface area (Å²) in [6.45, 7) is 0. The molecule has 4 nitrogen and oxygen atoms in total. The van der Waals surface area contributed by atoms with E-state index in [0.717, 1.165) is 38.8 Å². The monoisotopic (exact) mass is 535 g/mol. The molecule has 0 fully saturated rings. The van der Waals surface area contributed by atoms with Crippen molar-refractivity contribution in [2.75, 3.05) is 0 Å². The Hall–Kier alpha value is -5.74. The van der Waals surface area contributed by atoms with E-state index in [1.54, 1.807) is 0 Å². The summed E-state index contributed by atoms with van der Waals surface area (Å²) in [5.74, 6) is 0.634. The first kappa shape index (κ1) is 22.0. The van der Waals surface area contributed by atoms with Gasteiger partial charge in [-0.25, -0.2) is 9.97 Å². The van der Waals surface area contributed by atoms with Crippen molar-refractivity contribution in [2.24, 2.45) is 0 Å². The molecule has 9 aromatic rings. The summed E-state index contributed by atoms with van der Waals surface area (Å²) in [5, 5.41) is 6.00. The summed E-state index contributed by atoms with van der Waals surface area (Å²) in [6.07, 6.45) is 0. The van der Waals surface area contributed by atoms with Gasteiger partial charge in [0, 0.05) is 21.7 Å². The molecule has 6 aromatic carbocycles. The highest BCUT2D eigenvalue weighted by Crippen LogP contribution is 2.49. The van der Waals surface area contributed by atoms with Gasteiger partial charge in [-0.2, -0.15) is 0 Å². The summed E-state index contributed by atoms with van der Waals surface area (Å²) in [7, 11) is 0. The smallest absolute Gasteiger partial charge is 0.236 e. The van der Waals surface area contributed by atoms with E-state index in [1.807, 2.05) is 36.4 Å². The zero-order chi connectivity index (χ0) is 27.4. The maximum absolute atomic E-state index is 6.39. The van der Waals surface area contributed by atoms with Gasteiger partial charge in [0.05, 0.1) is 11.0 Å². The molecule has 1 aliphatic carbocycles. The van der Waals surface area contributed by atoms with Crippen LogP contribution >= 0.6 is 0 Å². The molecule has 0 saturated heterocycles. The molecule has 3 aromatic heterocycles. The van der Waals surface area contributed by atoms with Crippen molar-refractivity contribution in [3.05, 3.63) is 127 Å². The van der Waals surface area contributed by atoms with E-state index in [-0.39, 0.29) is 0 Å². The Kier molecular flexibility index (Phi) is 4.15. The molecule has 0 amide bonds. The fraction of sp³-hybridized carbons (Fsp3) is 0. The molecule has 3 heterocycles. The standard InChI is InChI=1S/C38H21N3O/c1-2-10-23(11-3-1)35-37-36(28-14-4-5-21-31(28)42-37)40-38(39-35)41-29-19-8-17-26-24-15-6-12-22-13-7-16-25(32(22)24)27-18-9-20-30(41)34(27)33(26)29/h1-21H. The van der Waals surface area contributed by atoms with Crippen LogP contribution in [0.5, 0.6) is 0 Å². The third-order valence-corrected chi connectivity index (χ3v) is 8.76. The van der Waals surface area contributed by atoms with Crippen LogP contribution in [0.3, 0.4) is 0 Å². The zero-order valence-corrected chi connectivity index (χ0v) is 22.4. The number of para-hydroxylation sites is 1. The SMILES string of the molecule is c1ccc(-c2nc(-n3c4cccc5c4c4c(cccc43)-c3cccc4cccc-5c34)nc3c2oc2ccccc23)cc1. The van der Waals surface area contributed by atoms with E-state index < -0.39 is 0 Å². The molecule has 1 aliphatic rings. The van der Waals surface area contributed by atoms with Gasteiger partial charge in [0.15, 0.2) is 5.58 Å². The highest BCUT2D eigenvalue weighted by atomic mass is 16.3. The quantitative estimate of drug-likeness (QED) is 0.221. The van der Waals surface area contributed by atoms with Gasteiger partial charge in [0.25, 0.3) is 0 Å². The number of rotatable bonds is 2. The summed E-state index contributed by atoms with van der Waals surface area (Å²) >= 11 is 0. The van der Waals surface area contributed by atoms with Gasteiger partial charge < -0.3 is 4.42 Å². The minimum Gasteiger partial charge on any atom is -0.452 e. The Morgan fingerprint density at radius 2 is 1.10 bits per heavy atom. The van der Waals surface area contributed by atoms with Crippen molar-refractivity contribution in [1.29, 1.82) is 0 Å². The summed E-state index contributed by atoms with van der Waals surface area (Å²) < 4.78 is 8.62. The lowest BCUT2D eigenvalue weighted by molar-refractivity contribution is 0.666. The second-order valence-electron chi connectivity index (χ2n) is 11.0. The highest BCUT2D eigenvalue weighted by molar-refractivity contribution is 6.27. The molecule has 0 aliphatic heterocycles. The van der Waals surface area contributed by atoms with Crippen molar-refractivity contribution in [3.63, 3.8) is 0 Å². The maximum atomic E-state index is 6.39. The van der Waals surface area contributed by atoms with Crippen molar-refractivity contribution >= 4 is 54.6 Å². The second-order valence-corrected chi connectivity index (χ2v) is 11.0. The molecule has 42 heavy (non-hydrogen) atoms. The molecule has 10 rings (SSSR count). The largest absolute Gasteiger partial charge is 0.452 e. The Bertz CT molecular complexity index is 2480. The maximum Gasteiger partial charge on any atom is 0.236 e. The number of aromatic nitrogens is 3. The van der Waals surface area contributed by atoms with E-state index in [2.05, 4.69) is 95.6 Å². The van der Waals surface area contributed by atoms with Crippen LogP contribution in [0.1, 0.15) is 0 Å². The minimum absolute atomic E-state index is 0.634. The molecular formula is C38H21N3O. The van der Waals surface area contributed by atoms with E-state index in [0.29, 0.717) is 11.5 Å². The van der Waals surface area contributed by atoms with Crippen molar-refractivity contribution in [2.45, 2.75) is 0 Å². The van der Waals surface area contributed by atoms with Crippen LogP contribution in [-0.4, -0.2) is 14.5 Å². The predicted molar refractivity (Wildman–Crippen MR) is 171 cm³/mol. The molecule has 0 N–H and O–H groups in total. The molecule has 4 heteroatoms. The molecule has 0 atom stereocenters. The van der Waals surface area contributed by atoms with Crippen molar-refractivity contribution < 1.29 is 4.42 Å². The summed E-state index contributed by atoms with van der Waals surface area (Å²) in [6, 6.07) is 44.8. The van der Waals surface area contributed by atoms with Crippen LogP contribution < -0.4 is 0 Å². The lowest BCUT2D eigenvalue weighted by atomic mass is 9.93. The highest BCUT2D eigenvalue weighted by Gasteiger charge is 2.26. The first-order valence-corrected chi connectivity index (χ1v) is 14.2. The Morgan fingerprint density at radius 1 is 0.500 bits per heavy atom. The fourth-order valence-electron chi connectivity index (χ4n) is 7.03. The Balaban J connectivity index is 1.39. The van der Waals surface area contributed by atoms with Gasteiger partial charge in [-0.1, -0.05) is 103 Å². The molecule has 0 radical (unpaired) electrons. The van der Waals surface area contributed by atoms with Crippen LogP contribution in [0.15, 0.2) is 132 Å². The minimum atomic E-state index is 0.634. The third-order valence-electron chi connectivity index (χ3n) is 8.76. The number of nitrogens with zero attached hydrogens (tertiary/aromatic N) is 3. The van der Waals surface area contributed by atoms with Gasteiger partial charge in [-0.15, -0.1) is 0 Å². The predicted octanol–water partition coefficient (Wildman–Crippen LogP) is 9.94. The van der Waals surface area contributed by atoms with Crippen LogP contribution in [0, 0.1) is 0 Å². The normalized spacial score (nSPS) is 12.3. The van der Waals surface area contributed by atoms with Crippen molar-refractivity contribution in [3.8, 4) is 39.5 Å². The molecule has 0 saturated carbocycles. The van der Waals surface area contributed by atoms with E-state index >= 15 is 0 Å². The average Bonchev–Trinajstić information content (AvgIpc) is 3.56. The van der Waals surface area contributed by atoms with E-state index in [4.69, 9.17) is 14.4 Å². The van der Waals surface area contributed by atoms with Gasteiger partial charge in [0.2, 0.25) is 5.95 Å². The van der Waals surface area contributed by atoms with Crippen LogP contribution in [0.2, 0.25) is 0 Å². The Labute approximate surface area is 240 Å². The number of hydrogen-bond acceptors (Lipinski definition) is 3. The van der Waals surface area contributed by atoms with Crippen LogP contribution in [-0.2, 0) is 0 Å². The van der Waals surface area contributed by atoms with Gasteiger partial charge in [-0.05, 0) is 57.3 Å². The van der Waals surface area contributed by atoms with E-state index in [1.165, 1.54) is 43.8 Å². The second kappa shape index (κ2) is 7.93. The van der Waals surface area contributed by atoms with Gasteiger partial charge >= 0.3 is 0 Å². The number of fused-ring (bicyclic) bond motifs is 5. The molecule has 194 valence electrons. The first-order chi connectivity index (χ1) is 20.8. The first-order valence-electron chi connectivity index (χ1n) is 14.2. The van der Waals surface area contributed by atoms with Crippen LogP contribution in [0.25, 0.3) is 94.1 Å². The Morgan fingerprint density at radius 3 is 1.79 bits per heavy atom. The number of benzene rings is 6. The third kappa shape index (κ3) is 2.76. The number of hydrogen-bond donors (Lipinski definition) is 0. The fourth-order valence-corrected chi connectivity index (χ4v) is 7.03. The topological polar surface area (TPSA) is 43.9 Å². The summed E-state index contributed by atoms with van der Waals surface area (Å²) in [5.41, 5.74) is 11.3. The lowest BCUT2D eigenvalue weighted by Crippen LogP contribution is -2.03. The lowest BCUT2D eigenvalue weighted by Gasteiger charge is -2.13. The average molecular weight is 536 g/mol. The van der Waals surface area contributed by atoms with Crippen LogP contribution in [0.4, 0.5) is 0 Å². The number of furan rings is 1. The summed E-state index contributed by atoms with van der Waals surface area (Å²) in [4.78, 5) is 10.5. The van der Waals surface area contributed by atoms with Gasteiger partial charge in [-0.3, -0.25) is 4.57 Å². The van der Waals surface area contributed by atoms with Gasteiger partial charge in [0.1, 0.15) is 16.8 Å².